The summed E-state index contributed by atoms with van der Waals surface area (Å²) in [6, 6.07) is 4.36. The zero-order valence-electron chi connectivity index (χ0n) is 11.2. The van der Waals surface area contributed by atoms with Crippen molar-refractivity contribution in [3.05, 3.63) is 30.1 Å². The molecule has 0 amide bonds. The molecule has 0 bridgehead atoms. The summed E-state index contributed by atoms with van der Waals surface area (Å²) < 4.78 is 0. The lowest BCUT2D eigenvalue weighted by Gasteiger charge is -2.36. The molecule has 3 nitrogen and oxygen atoms in total. The van der Waals surface area contributed by atoms with E-state index in [0.29, 0.717) is 12.6 Å². The van der Waals surface area contributed by atoms with Crippen LogP contribution in [0.1, 0.15) is 50.6 Å². The van der Waals surface area contributed by atoms with Crippen LogP contribution in [0.25, 0.3) is 0 Å². The minimum absolute atomic E-state index is 0.106. The van der Waals surface area contributed by atoms with E-state index in [0.717, 1.165) is 19.4 Å². The van der Waals surface area contributed by atoms with Gasteiger partial charge < -0.3 is 10.4 Å². The Hall–Kier alpha value is -0.930. The summed E-state index contributed by atoms with van der Waals surface area (Å²) >= 11 is 0. The van der Waals surface area contributed by atoms with Gasteiger partial charge in [-0.2, -0.15) is 0 Å². The molecule has 1 heterocycles. The third kappa shape index (κ3) is 3.30. The number of hydrogen-bond donors (Lipinski definition) is 2. The zero-order valence-corrected chi connectivity index (χ0v) is 11.2. The maximum absolute atomic E-state index is 9.67. The molecule has 1 aromatic heterocycles. The normalized spacial score (nSPS) is 20.6. The van der Waals surface area contributed by atoms with Crippen LogP contribution in [0.15, 0.2) is 24.5 Å². The van der Waals surface area contributed by atoms with Crippen molar-refractivity contribution in [2.75, 3.05) is 13.2 Å². The third-order valence-electron chi connectivity index (χ3n) is 4.22. The van der Waals surface area contributed by atoms with Crippen LogP contribution in [-0.2, 0) is 0 Å². The van der Waals surface area contributed by atoms with Gasteiger partial charge in [0.25, 0.3) is 0 Å². The van der Waals surface area contributed by atoms with Crippen molar-refractivity contribution in [1.82, 2.24) is 10.3 Å². The molecule has 1 aliphatic carbocycles. The quantitative estimate of drug-likeness (QED) is 0.842. The molecule has 1 saturated carbocycles. The van der Waals surface area contributed by atoms with E-state index in [9.17, 15) is 5.11 Å². The first-order valence-corrected chi connectivity index (χ1v) is 7.00. The predicted molar refractivity (Wildman–Crippen MR) is 73.3 cm³/mol. The first kappa shape index (κ1) is 13.5. The number of pyridine rings is 1. The Balaban J connectivity index is 1.90. The Bertz CT molecular complexity index is 347. The third-order valence-corrected chi connectivity index (χ3v) is 4.22. The molecule has 1 fully saturated rings. The molecule has 1 aromatic rings. The summed E-state index contributed by atoms with van der Waals surface area (Å²) in [4.78, 5) is 4.15. The van der Waals surface area contributed by atoms with Crippen molar-refractivity contribution in [3.63, 3.8) is 0 Å². The average Bonchev–Trinajstić information content (AvgIpc) is 2.47. The Labute approximate surface area is 110 Å². The Morgan fingerprint density at radius 1 is 1.39 bits per heavy atom. The molecule has 100 valence electrons. The Kier molecular flexibility index (Phi) is 4.72. The van der Waals surface area contributed by atoms with Crippen molar-refractivity contribution in [2.45, 2.75) is 45.1 Å². The summed E-state index contributed by atoms with van der Waals surface area (Å²) in [5, 5.41) is 13.2. The zero-order chi connectivity index (χ0) is 12.8. The molecule has 0 unspecified atom stereocenters. The minimum atomic E-state index is 0.106. The van der Waals surface area contributed by atoms with Gasteiger partial charge in [0.15, 0.2) is 0 Å². The molecule has 2 N–H and O–H groups in total. The minimum Gasteiger partial charge on any atom is -0.396 e. The lowest BCUT2D eigenvalue weighted by molar-refractivity contribution is 0.0788. The van der Waals surface area contributed by atoms with Crippen LogP contribution in [0.4, 0.5) is 0 Å². The van der Waals surface area contributed by atoms with E-state index in [1.54, 1.807) is 6.20 Å². The van der Waals surface area contributed by atoms with E-state index in [-0.39, 0.29) is 5.41 Å². The highest BCUT2D eigenvalue weighted by Gasteiger charge is 2.31. The molecule has 2 rings (SSSR count). The average molecular weight is 248 g/mol. The van der Waals surface area contributed by atoms with Crippen molar-refractivity contribution >= 4 is 0 Å². The van der Waals surface area contributed by atoms with Crippen LogP contribution in [-0.4, -0.2) is 23.2 Å². The fourth-order valence-corrected chi connectivity index (χ4v) is 2.81. The highest BCUT2D eigenvalue weighted by molar-refractivity contribution is 5.12. The van der Waals surface area contributed by atoms with Gasteiger partial charge in [-0.25, -0.2) is 0 Å². The van der Waals surface area contributed by atoms with Gasteiger partial charge in [-0.3, -0.25) is 4.98 Å². The van der Waals surface area contributed by atoms with Gasteiger partial charge in [-0.05, 0) is 31.4 Å². The fraction of sp³-hybridized carbons (Fsp3) is 0.667. The lowest BCUT2D eigenvalue weighted by atomic mass is 9.74. The Morgan fingerprint density at radius 3 is 2.78 bits per heavy atom. The molecule has 1 aliphatic rings. The molecule has 0 radical (unpaired) electrons. The van der Waals surface area contributed by atoms with Crippen molar-refractivity contribution < 1.29 is 5.11 Å². The maximum Gasteiger partial charge on any atom is 0.0499 e. The van der Waals surface area contributed by atoms with E-state index in [1.165, 1.54) is 24.8 Å². The second-order valence-electron chi connectivity index (χ2n) is 5.61. The number of nitrogens with zero attached hydrogens (tertiary/aromatic N) is 1. The molecular weight excluding hydrogens is 224 g/mol. The second-order valence-corrected chi connectivity index (χ2v) is 5.61. The van der Waals surface area contributed by atoms with Gasteiger partial charge in [-0.15, -0.1) is 0 Å². The standard InChI is InChI=1S/C15H24N2O/c1-13(14-6-5-9-16-10-14)17-11-15(12-18)7-3-2-4-8-15/h5-6,9-10,13,17-18H,2-4,7-8,11-12H2,1H3/t13-/m0/s1. The topological polar surface area (TPSA) is 45.1 Å². The number of aliphatic hydroxyl groups excluding tert-OH is 1. The maximum atomic E-state index is 9.67. The molecule has 3 heteroatoms. The van der Waals surface area contributed by atoms with Crippen LogP contribution in [0.3, 0.4) is 0 Å². The summed E-state index contributed by atoms with van der Waals surface area (Å²) in [5.41, 5.74) is 1.32. The van der Waals surface area contributed by atoms with Gasteiger partial charge in [0.2, 0.25) is 0 Å². The van der Waals surface area contributed by atoms with E-state index >= 15 is 0 Å². The molecule has 0 aromatic carbocycles. The Morgan fingerprint density at radius 2 is 2.17 bits per heavy atom. The van der Waals surface area contributed by atoms with E-state index in [2.05, 4.69) is 23.3 Å². The first-order valence-electron chi connectivity index (χ1n) is 7.00. The van der Waals surface area contributed by atoms with Gasteiger partial charge in [0.1, 0.15) is 0 Å². The SMILES string of the molecule is C[C@H](NCC1(CO)CCCCC1)c1cccnc1. The number of nitrogens with one attached hydrogen (secondary N) is 1. The van der Waals surface area contributed by atoms with E-state index in [4.69, 9.17) is 0 Å². The highest BCUT2D eigenvalue weighted by Crippen LogP contribution is 2.35. The van der Waals surface area contributed by atoms with Crippen LogP contribution < -0.4 is 5.32 Å². The van der Waals surface area contributed by atoms with Crippen molar-refractivity contribution in [1.29, 1.82) is 0 Å². The second kappa shape index (κ2) is 6.30. The van der Waals surface area contributed by atoms with Crippen LogP contribution >= 0.6 is 0 Å². The number of aromatic nitrogens is 1. The number of hydrogen-bond acceptors (Lipinski definition) is 3. The highest BCUT2D eigenvalue weighted by atomic mass is 16.3. The van der Waals surface area contributed by atoms with E-state index in [1.807, 2.05) is 12.3 Å². The first-order chi connectivity index (χ1) is 8.76. The molecule has 0 saturated heterocycles. The summed E-state index contributed by atoms with van der Waals surface area (Å²) in [5.74, 6) is 0. The van der Waals surface area contributed by atoms with Crippen LogP contribution in [0.2, 0.25) is 0 Å². The summed E-state index contributed by atoms with van der Waals surface area (Å²) in [7, 11) is 0. The monoisotopic (exact) mass is 248 g/mol. The van der Waals surface area contributed by atoms with Crippen LogP contribution in [0, 0.1) is 5.41 Å². The fourth-order valence-electron chi connectivity index (χ4n) is 2.81. The van der Waals surface area contributed by atoms with Crippen LogP contribution in [0.5, 0.6) is 0 Å². The molecule has 0 spiro atoms. The smallest absolute Gasteiger partial charge is 0.0499 e. The van der Waals surface area contributed by atoms with Gasteiger partial charge >= 0.3 is 0 Å². The molecule has 1 atom stereocenters. The summed E-state index contributed by atoms with van der Waals surface area (Å²) in [6.07, 6.45) is 9.83. The van der Waals surface area contributed by atoms with Gasteiger partial charge in [0, 0.05) is 37.0 Å². The lowest BCUT2D eigenvalue weighted by Crippen LogP contribution is -2.40. The molecule has 0 aliphatic heterocycles. The van der Waals surface area contributed by atoms with E-state index < -0.39 is 0 Å². The molecule has 18 heavy (non-hydrogen) atoms. The van der Waals surface area contributed by atoms with Crippen molar-refractivity contribution in [3.8, 4) is 0 Å². The van der Waals surface area contributed by atoms with Crippen molar-refractivity contribution in [2.24, 2.45) is 5.41 Å². The molecular formula is C15H24N2O. The van der Waals surface area contributed by atoms with Gasteiger partial charge in [-0.1, -0.05) is 25.3 Å². The summed E-state index contributed by atoms with van der Waals surface area (Å²) in [6.45, 7) is 3.37. The number of rotatable bonds is 5. The largest absolute Gasteiger partial charge is 0.396 e. The number of aliphatic hydroxyl groups is 1. The van der Waals surface area contributed by atoms with Gasteiger partial charge in [0.05, 0.1) is 0 Å². The predicted octanol–water partition coefficient (Wildman–Crippen LogP) is 2.68.